The highest BCUT2D eigenvalue weighted by molar-refractivity contribution is 7.85. The van der Waals surface area contributed by atoms with Gasteiger partial charge in [0.1, 0.15) is 0 Å². The summed E-state index contributed by atoms with van der Waals surface area (Å²) in [7, 11) is -0.235. The van der Waals surface area contributed by atoms with Crippen molar-refractivity contribution in [1.29, 1.82) is 5.26 Å². The number of carbonyl (C=O) groups is 1. The summed E-state index contributed by atoms with van der Waals surface area (Å²) in [6.45, 7) is 5.84. The van der Waals surface area contributed by atoms with Gasteiger partial charge in [0.25, 0.3) is 0 Å². The van der Waals surface area contributed by atoms with Crippen molar-refractivity contribution in [1.82, 2.24) is 0 Å². The molecule has 0 aliphatic heterocycles. The van der Waals surface area contributed by atoms with Crippen LogP contribution in [0.5, 0.6) is 0 Å². The fraction of sp³-hybridized carbons (Fsp3) is 0.333. The van der Waals surface area contributed by atoms with Gasteiger partial charge in [-0.1, -0.05) is 49.7 Å². The highest BCUT2D eigenvalue weighted by Gasteiger charge is 2.44. The molecule has 0 aliphatic rings. The van der Waals surface area contributed by atoms with Crippen LogP contribution in [0.3, 0.4) is 0 Å². The van der Waals surface area contributed by atoms with Crippen molar-refractivity contribution in [3.63, 3.8) is 0 Å². The monoisotopic (exact) mass is 369 g/mol. The van der Waals surface area contributed by atoms with E-state index in [1.165, 1.54) is 7.11 Å². The summed E-state index contributed by atoms with van der Waals surface area (Å²) in [6.07, 6.45) is 0.290. The lowest BCUT2D eigenvalue weighted by molar-refractivity contribution is -0.146. The number of carbonyl (C=O) groups excluding carboxylic acids is 1. The topological polar surface area (TPSA) is 67.2 Å². The largest absolute Gasteiger partial charge is 0.468 e. The molecule has 0 saturated carbocycles. The van der Waals surface area contributed by atoms with Gasteiger partial charge in [-0.2, -0.15) is 5.26 Å². The first kappa shape index (κ1) is 19.9. The highest BCUT2D eigenvalue weighted by Crippen LogP contribution is 2.37. The lowest BCUT2D eigenvalue weighted by atomic mass is 9.75. The molecule has 0 fully saturated rings. The molecule has 0 heterocycles. The second-order valence-electron chi connectivity index (χ2n) is 6.68. The van der Waals surface area contributed by atoms with E-state index >= 15 is 0 Å². The number of hydrogen-bond acceptors (Lipinski definition) is 4. The first-order valence-electron chi connectivity index (χ1n) is 8.43. The zero-order chi connectivity index (χ0) is 19.3. The van der Waals surface area contributed by atoms with Crippen molar-refractivity contribution in [2.24, 2.45) is 5.92 Å². The molecule has 0 radical (unpaired) electrons. The summed E-state index contributed by atoms with van der Waals surface area (Å²) in [5, 5.41) is 9.94. The molecule has 2 aromatic carbocycles. The summed E-state index contributed by atoms with van der Waals surface area (Å²) in [6, 6.07) is 16.5. The zero-order valence-corrected chi connectivity index (χ0v) is 16.3. The number of nitrogens with zero attached hydrogens (tertiary/aromatic N) is 1. The summed E-state index contributed by atoms with van der Waals surface area (Å²) in [4.78, 5) is 13.7. The van der Waals surface area contributed by atoms with E-state index in [-0.39, 0.29) is 12.3 Å². The molecule has 5 heteroatoms. The third kappa shape index (κ3) is 3.86. The average molecular weight is 369 g/mol. The number of rotatable bonds is 6. The zero-order valence-electron chi connectivity index (χ0n) is 15.5. The molecule has 0 aromatic heterocycles. The minimum Gasteiger partial charge on any atom is -0.468 e. The number of nitriles is 1. The fourth-order valence-electron chi connectivity index (χ4n) is 3.01. The molecule has 0 saturated heterocycles. The average Bonchev–Trinajstić information content (AvgIpc) is 2.65. The predicted molar refractivity (Wildman–Crippen MR) is 101 cm³/mol. The minimum absolute atomic E-state index is 0.0783. The van der Waals surface area contributed by atoms with Gasteiger partial charge in [0.2, 0.25) is 0 Å². The predicted octanol–water partition coefficient (Wildman–Crippen LogP) is 4.14. The molecular formula is C21H23NO3S. The Labute approximate surface area is 157 Å². The molecule has 2 atom stereocenters. The molecular weight excluding hydrogens is 346 g/mol. The quantitative estimate of drug-likeness (QED) is 0.718. The molecule has 2 aromatic rings. The SMILES string of the molecule is COC(=O)[C@](C#N)(CC(C)C)c1ccccc1[S@@](=O)c1ccc(C)cc1. The van der Waals surface area contributed by atoms with E-state index in [0.29, 0.717) is 15.4 Å². The van der Waals surface area contributed by atoms with Crippen LogP contribution in [0.15, 0.2) is 58.3 Å². The molecule has 26 heavy (non-hydrogen) atoms. The third-order valence-electron chi connectivity index (χ3n) is 4.22. The van der Waals surface area contributed by atoms with E-state index in [0.717, 1.165) is 5.56 Å². The second kappa shape index (κ2) is 8.29. The van der Waals surface area contributed by atoms with Crippen LogP contribution < -0.4 is 0 Å². The maximum atomic E-state index is 13.2. The summed E-state index contributed by atoms with van der Waals surface area (Å²) in [5.41, 5.74) is 0.0293. The lowest BCUT2D eigenvalue weighted by Crippen LogP contribution is -2.38. The number of ether oxygens (including phenoxy) is 1. The molecule has 0 bridgehead atoms. The van der Waals surface area contributed by atoms with Crippen molar-refractivity contribution in [2.75, 3.05) is 7.11 Å². The van der Waals surface area contributed by atoms with E-state index in [2.05, 4.69) is 6.07 Å². The van der Waals surface area contributed by atoms with Gasteiger partial charge >= 0.3 is 5.97 Å². The first-order chi connectivity index (χ1) is 12.4. The van der Waals surface area contributed by atoms with Crippen molar-refractivity contribution in [3.05, 3.63) is 59.7 Å². The Hall–Kier alpha value is -2.45. The van der Waals surface area contributed by atoms with Crippen LogP contribution in [0.4, 0.5) is 0 Å². The van der Waals surface area contributed by atoms with Crippen molar-refractivity contribution in [3.8, 4) is 6.07 Å². The van der Waals surface area contributed by atoms with Gasteiger partial charge in [0.05, 0.1) is 24.0 Å². The Balaban J connectivity index is 2.65. The van der Waals surface area contributed by atoms with Crippen molar-refractivity contribution in [2.45, 2.75) is 42.4 Å². The Bertz CT molecular complexity index is 852. The number of benzene rings is 2. The standard InChI is InChI=1S/C21H23NO3S/c1-15(2)13-21(14-22,20(23)25-4)18-7-5-6-8-19(18)26(24)17-11-9-16(3)10-12-17/h5-12,15H,13H2,1-4H3/t21-,26-/m0/s1. The van der Waals surface area contributed by atoms with Crippen molar-refractivity contribution >= 4 is 16.8 Å². The van der Waals surface area contributed by atoms with Gasteiger partial charge < -0.3 is 4.74 Å². The minimum atomic E-state index is -1.51. The van der Waals surface area contributed by atoms with Crippen LogP contribution in [0, 0.1) is 24.2 Å². The van der Waals surface area contributed by atoms with Gasteiger partial charge in [-0.25, -0.2) is 9.00 Å². The van der Waals surface area contributed by atoms with E-state index in [1.54, 1.807) is 36.4 Å². The smallest absolute Gasteiger partial charge is 0.330 e. The number of methoxy groups -OCH3 is 1. The van der Waals surface area contributed by atoms with E-state index in [4.69, 9.17) is 4.74 Å². The maximum Gasteiger partial charge on any atom is 0.330 e. The molecule has 0 spiro atoms. The van der Waals surface area contributed by atoms with Gasteiger partial charge in [-0.15, -0.1) is 0 Å². The van der Waals surface area contributed by atoms with E-state index in [9.17, 15) is 14.3 Å². The van der Waals surface area contributed by atoms with Crippen molar-refractivity contribution < 1.29 is 13.7 Å². The molecule has 0 amide bonds. The summed E-state index contributed by atoms with van der Waals surface area (Å²) in [5.74, 6) is -0.545. The molecule has 0 N–H and O–H groups in total. The first-order valence-corrected chi connectivity index (χ1v) is 9.58. The lowest BCUT2D eigenvalue weighted by Gasteiger charge is -2.28. The summed E-state index contributed by atoms with van der Waals surface area (Å²) < 4.78 is 18.1. The Morgan fingerprint density at radius 2 is 1.81 bits per heavy atom. The number of esters is 1. The fourth-order valence-corrected chi connectivity index (χ4v) is 4.29. The van der Waals surface area contributed by atoms with E-state index < -0.39 is 22.2 Å². The van der Waals surface area contributed by atoms with Crippen LogP contribution >= 0.6 is 0 Å². The third-order valence-corrected chi connectivity index (χ3v) is 5.68. The van der Waals surface area contributed by atoms with Crippen LogP contribution in [-0.4, -0.2) is 17.3 Å². The van der Waals surface area contributed by atoms with Crippen LogP contribution in [0.1, 0.15) is 31.4 Å². The normalized spacial score (nSPS) is 14.3. The van der Waals surface area contributed by atoms with Crippen LogP contribution in [0.25, 0.3) is 0 Å². The van der Waals surface area contributed by atoms with Gasteiger partial charge in [0.15, 0.2) is 5.41 Å². The van der Waals surface area contributed by atoms with Gasteiger partial charge in [-0.3, -0.25) is 0 Å². The molecule has 136 valence electrons. The number of hydrogen-bond donors (Lipinski definition) is 0. The number of aryl methyl sites for hydroxylation is 1. The second-order valence-corrected chi connectivity index (χ2v) is 8.13. The molecule has 0 unspecified atom stereocenters. The maximum absolute atomic E-state index is 13.2. The molecule has 2 rings (SSSR count). The van der Waals surface area contributed by atoms with Crippen LogP contribution in [0.2, 0.25) is 0 Å². The Morgan fingerprint density at radius 1 is 1.19 bits per heavy atom. The Kier molecular flexibility index (Phi) is 6.33. The highest BCUT2D eigenvalue weighted by atomic mass is 32.2. The Morgan fingerprint density at radius 3 is 2.35 bits per heavy atom. The molecule has 4 nitrogen and oxygen atoms in total. The van der Waals surface area contributed by atoms with Crippen LogP contribution in [-0.2, 0) is 25.7 Å². The molecule has 0 aliphatic carbocycles. The van der Waals surface area contributed by atoms with Gasteiger partial charge in [-0.05, 0) is 43.0 Å². The van der Waals surface area contributed by atoms with Gasteiger partial charge in [0, 0.05) is 9.79 Å². The summed E-state index contributed by atoms with van der Waals surface area (Å²) >= 11 is 0. The van der Waals surface area contributed by atoms with E-state index in [1.807, 2.05) is 32.9 Å².